The number of para-hydroxylation sites is 1. The minimum absolute atomic E-state index is 0.101. The molecule has 5 aromatic rings. The number of hydrogen-bond donors (Lipinski definition) is 1. The average molecular weight is 466 g/mol. The summed E-state index contributed by atoms with van der Waals surface area (Å²) in [5.41, 5.74) is 4.94. The van der Waals surface area contributed by atoms with Gasteiger partial charge in [-0.05, 0) is 48.7 Å². The van der Waals surface area contributed by atoms with Gasteiger partial charge in [-0.1, -0.05) is 41.6 Å². The van der Waals surface area contributed by atoms with Crippen LogP contribution in [0.1, 0.15) is 16.7 Å². The van der Waals surface area contributed by atoms with Crippen LogP contribution < -0.4 is 10.9 Å². The summed E-state index contributed by atoms with van der Waals surface area (Å²) in [5, 5.41) is 7.69. The van der Waals surface area contributed by atoms with Gasteiger partial charge >= 0.3 is 0 Å². The van der Waals surface area contributed by atoms with Crippen LogP contribution in [0.5, 0.6) is 0 Å². The van der Waals surface area contributed by atoms with E-state index in [0.717, 1.165) is 16.5 Å². The Kier molecular flexibility index (Phi) is 5.93. The first-order chi connectivity index (χ1) is 17.0. The van der Waals surface area contributed by atoms with E-state index in [1.807, 2.05) is 44.2 Å². The monoisotopic (exact) mass is 465 g/mol. The van der Waals surface area contributed by atoms with Crippen molar-refractivity contribution < 1.29 is 9.32 Å². The highest BCUT2D eigenvalue weighted by Crippen LogP contribution is 2.27. The number of hydrogen-bond acceptors (Lipinski definition) is 6. The summed E-state index contributed by atoms with van der Waals surface area (Å²) >= 11 is 0. The molecule has 174 valence electrons. The molecule has 0 fully saturated rings. The van der Waals surface area contributed by atoms with Crippen LogP contribution in [0.3, 0.4) is 0 Å². The van der Waals surface area contributed by atoms with Crippen molar-refractivity contribution in [1.82, 2.24) is 25.0 Å². The van der Waals surface area contributed by atoms with Gasteiger partial charge in [0.2, 0.25) is 11.7 Å². The summed E-state index contributed by atoms with van der Waals surface area (Å²) in [6.07, 6.45) is 3.29. The van der Waals surface area contributed by atoms with Gasteiger partial charge in [-0.15, -0.1) is 0 Å². The molecule has 8 nitrogen and oxygen atoms in total. The minimum atomic E-state index is -0.330. The fourth-order valence-electron chi connectivity index (χ4n) is 3.94. The average Bonchev–Trinajstić information content (AvgIpc) is 3.37. The van der Waals surface area contributed by atoms with Crippen LogP contribution in [0.15, 0.2) is 82.4 Å². The predicted octanol–water partition coefficient (Wildman–Crippen LogP) is 4.05. The number of carbonyl (C=O) groups excluding carboxylic acids is 1. The van der Waals surface area contributed by atoms with Crippen molar-refractivity contribution in [2.75, 3.05) is 0 Å². The van der Waals surface area contributed by atoms with Gasteiger partial charge in [0, 0.05) is 36.0 Å². The Morgan fingerprint density at radius 1 is 1.00 bits per heavy atom. The largest absolute Gasteiger partial charge is 0.350 e. The van der Waals surface area contributed by atoms with Crippen LogP contribution in [0, 0.1) is 13.8 Å². The molecule has 0 radical (unpaired) electrons. The Labute approximate surface area is 201 Å². The number of aryl methyl sites for hydroxylation is 2. The number of nitrogens with zero attached hydrogens (tertiary/aromatic N) is 4. The van der Waals surface area contributed by atoms with Crippen LogP contribution in [0.2, 0.25) is 0 Å². The van der Waals surface area contributed by atoms with Gasteiger partial charge in [0.15, 0.2) is 0 Å². The van der Waals surface area contributed by atoms with E-state index in [0.29, 0.717) is 23.4 Å². The molecule has 5 rings (SSSR count). The summed E-state index contributed by atoms with van der Waals surface area (Å²) in [7, 11) is 0. The molecule has 0 saturated carbocycles. The molecule has 0 bridgehead atoms. The molecule has 0 aliphatic carbocycles. The van der Waals surface area contributed by atoms with E-state index in [-0.39, 0.29) is 23.9 Å². The van der Waals surface area contributed by atoms with Crippen LogP contribution in [0.25, 0.3) is 33.7 Å². The van der Waals surface area contributed by atoms with Crippen molar-refractivity contribution in [3.8, 4) is 22.8 Å². The van der Waals surface area contributed by atoms with Crippen LogP contribution >= 0.6 is 0 Å². The van der Waals surface area contributed by atoms with E-state index in [1.165, 1.54) is 21.8 Å². The maximum Gasteiger partial charge on any atom is 0.259 e. The number of benzene rings is 2. The molecule has 0 saturated heterocycles. The molecule has 0 atom stereocenters. The van der Waals surface area contributed by atoms with E-state index in [2.05, 4.69) is 26.5 Å². The molecular weight excluding hydrogens is 442 g/mol. The van der Waals surface area contributed by atoms with E-state index >= 15 is 0 Å². The van der Waals surface area contributed by atoms with Gasteiger partial charge in [0.05, 0.1) is 11.1 Å². The number of pyridine rings is 2. The standard InChI is InChI=1S/C27H23N5O3/c1-17-7-8-19(13-18(17)2)15-29-24(33)16-32-23-6-4-3-5-21(23)22(14-25(32)34)27-30-26(31-35-27)20-9-11-28-12-10-20/h3-14H,15-16H2,1-2H3,(H,29,33). The summed E-state index contributed by atoms with van der Waals surface area (Å²) < 4.78 is 6.94. The first-order valence-corrected chi connectivity index (χ1v) is 11.2. The molecule has 1 amide bonds. The number of nitrogens with one attached hydrogen (secondary N) is 1. The van der Waals surface area contributed by atoms with E-state index in [9.17, 15) is 9.59 Å². The molecule has 35 heavy (non-hydrogen) atoms. The molecule has 2 aromatic carbocycles. The summed E-state index contributed by atoms with van der Waals surface area (Å²) in [6, 6.07) is 18.4. The van der Waals surface area contributed by atoms with Gasteiger partial charge in [-0.3, -0.25) is 19.1 Å². The lowest BCUT2D eigenvalue weighted by Gasteiger charge is -2.13. The first kappa shape index (κ1) is 22.2. The highest BCUT2D eigenvalue weighted by Gasteiger charge is 2.17. The third-order valence-corrected chi connectivity index (χ3v) is 5.98. The smallest absolute Gasteiger partial charge is 0.259 e. The van der Waals surface area contributed by atoms with Gasteiger partial charge in [0.1, 0.15) is 6.54 Å². The lowest BCUT2D eigenvalue weighted by molar-refractivity contribution is -0.121. The Balaban J connectivity index is 1.43. The lowest BCUT2D eigenvalue weighted by Crippen LogP contribution is -2.32. The third kappa shape index (κ3) is 4.59. The van der Waals surface area contributed by atoms with E-state index in [1.54, 1.807) is 30.6 Å². The zero-order chi connectivity index (χ0) is 24.4. The molecular formula is C27H23N5O3. The molecule has 0 unspecified atom stereocenters. The molecule has 0 aliphatic heterocycles. The Hall–Kier alpha value is -4.59. The summed E-state index contributed by atoms with van der Waals surface area (Å²) in [6.45, 7) is 4.38. The van der Waals surface area contributed by atoms with Crippen LogP contribution in [-0.4, -0.2) is 25.6 Å². The molecule has 3 aromatic heterocycles. The van der Waals surface area contributed by atoms with Gasteiger partial charge in [0.25, 0.3) is 11.4 Å². The Morgan fingerprint density at radius 3 is 2.60 bits per heavy atom. The quantitative estimate of drug-likeness (QED) is 0.406. The number of rotatable bonds is 6. The fraction of sp³-hybridized carbons (Fsp3) is 0.148. The van der Waals surface area contributed by atoms with Crippen LogP contribution in [-0.2, 0) is 17.9 Å². The van der Waals surface area contributed by atoms with Crippen molar-refractivity contribution in [2.45, 2.75) is 26.9 Å². The normalized spacial score (nSPS) is 11.0. The van der Waals surface area contributed by atoms with Crippen molar-refractivity contribution in [1.29, 1.82) is 0 Å². The second-order valence-corrected chi connectivity index (χ2v) is 8.35. The zero-order valence-electron chi connectivity index (χ0n) is 19.4. The molecule has 1 N–H and O–H groups in total. The SMILES string of the molecule is Cc1ccc(CNC(=O)Cn2c(=O)cc(-c3nc(-c4ccncc4)no3)c3ccccc32)cc1C. The number of fused-ring (bicyclic) bond motifs is 1. The van der Waals surface area contributed by atoms with Crippen molar-refractivity contribution in [3.05, 3.63) is 100 Å². The highest BCUT2D eigenvalue weighted by atomic mass is 16.5. The van der Waals surface area contributed by atoms with Gasteiger partial charge < -0.3 is 9.84 Å². The highest BCUT2D eigenvalue weighted by molar-refractivity contribution is 5.93. The number of carbonyl (C=O) groups is 1. The third-order valence-electron chi connectivity index (χ3n) is 5.98. The van der Waals surface area contributed by atoms with Gasteiger partial charge in [-0.2, -0.15) is 4.98 Å². The van der Waals surface area contributed by atoms with E-state index in [4.69, 9.17) is 4.52 Å². The summed E-state index contributed by atoms with van der Waals surface area (Å²) in [4.78, 5) is 34.3. The Morgan fingerprint density at radius 2 is 1.80 bits per heavy atom. The number of amides is 1. The van der Waals surface area contributed by atoms with Crippen molar-refractivity contribution in [2.24, 2.45) is 0 Å². The number of aromatic nitrogens is 4. The molecule has 3 heterocycles. The van der Waals surface area contributed by atoms with Crippen molar-refractivity contribution in [3.63, 3.8) is 0 Å². The molecule has 8 heteroatoms. The van der Waals surface area contributed by atoms with Crippen LogP contribution in [0.4, 0.5) is 0 Å². The predicted molar refractivity (Wildman–Crippen MR) is 132 cm³/mol. The fourth-order valence-corrected chi connectivity index (χ4v) is 3.94. The summed E-state index contributed by atoms with van der Waals surface area (Å²) in [5.74, 6) is 0.388. The molecule has 0 spiro atoms. The van der Waals surface area contributed by atoms with Crippen molar-refractivity contribution >= 4 is 16.8 Å². The van der Waals surface area contributed by atoms with Gasteiger partial charge in [-0.25, -0.2) is 0 Å². The second-order valence-electron chi connectivity index (χ2n) is 8.35. The molecule has 0 aliphatic rings. The maximum atomic E-state index is 13.1. The van der Waals surface area contributed by atoms with E-state index < -0.39 is 0 Å². The Bertz CT molecular complexity index is 1590. The topological polar surface area (TPSA) is 103 Å². The zero-order valence-corrected chi connectivity index (χ0v) is 19.4. The second kappa shape index (κ2) is 9.34. The minimum Gasteiger partial charge on any atom is -0.350 e. The maximum absolute atomic E-state index is 13.1. The first-order valence-electron chi connectivity index (χ1n) is 11.2. The lowest BCUT2D eigenvalue weighted by atomic mass is 10.1.